The predicted molar refractivity (Wildman–Crippen MR) is 53.7 cm³/mol. The highest BCUT2D eigenvalue weighted by atomic mass is 35.5. The fourth-order valence-corrected chi connectivity index (χ4v) is 1.05. The molecule has 0 bridgehead atoms. The van der Waals surface area contributed by atoms with Gasteiger partial charge in [-0.15, -0.1) is 0 Å². The van der Waals surface area contributed by atoms with Gasteiger partial charge in [0, 0.05) is 12.1 Å². The largest absolute Gasteiger partial charge is 0.455 e. The number of carbonyl (C=O) groups is 1. The third kappa shape index (κ3) is 3.95. The van der Waals surface area contributed by atoms with Crippen LogP contribution in [0.5, 0.6) is 0 Å². The van der Waals surface area contributed by atoms with E-state index in [2.05, 4.69) is 16.3 Å². The second-order valence-electron chi connectivity index (χ2n) is 3.00. The van der Waals surface area contributed by atoms with Gasteiger partial charge in [0.2, 0.25) is 0 Å². The molecule has 0 aliphatic heterocycles. The quantitative estimate of drug-likeness (QED) is 0.363. The average molecular weight is 266 g/mol. The first-order valence-corrected chi connectivity index (χ1v) is 4.66. The van der Waals surface area contributed by atoms with E-state index in [-0.39, 0.29) is 11.3 Å². The molecule has 1 rings (SSSR count). The second-order valence-corrected chi connectivity index (χ2v) is 3.48. The van der Waals surface area contributed by atoms with Crippen LogP contribution in [-0.4, -0.2) is 16.3 Å². The first kappa shape index (κ1) is 13.3. The zero-order valence-corrected chi connectivity index (χ0v) is 8.99. The van der Waals surface area contributed by atoms with Gasteiger partial charge in [0.25, 0.3) is 5.69 Å². The van der Waals surface area contributed by atoms with E-state index < -0.39 is 22.9 Å². The summed E-state index contributed by atoms with van der Waals surface area (Å²) in [6.07, 6.45) is 0. The Kier molecular flexibility index (Phi) is 3.95. The molecule has 0 aliphatic carbocycles. The number of halogens is 3. The molecule has 0 heterocycles. The number of hydrogen-bond acceptors (Lipinski definition) is 4. The number of carbonyl (C=O) groups excluding carboxylic acids is 1. The standard InChI is InChI=1S/C9H6ClF2NO4/c10-9(11,12)8(14)17-5-6-2-1-3-7(4-6)13(15)16/h1-4H,5H2. The number of nitro groups is 1. The molecule has 92 valence electrons. The highest BCUT2D eigenvalue weighted by Crippen LogP contribution is 2.21. The van der Waals surface area contributed by atoms with Crippen LogP contribution in [0.1, 0.15) is 5.56 Å². The van der Waals surface area contributed by atoms with Gasteiger partial charge < -0.3 is 4.74 Å². The summed E-state index contributed by atoms with van der Waals surface area (Å²) in [5.74, 6) is -1.90. The summed E-state index contributed by atoms with van der Waals surface area (Å²) in [6, 6.07) is 5.08. The van der Waals surface area contributed by atoms with Crippen LogP contribution in [0.4, 0.5) is 14.5 Å². The maximum Gasteiger partial charge on any atom is 0.417 e. The molecule has 5 nitrogen and oxygen atoms in total. The molecule has 0 spiro atoms. The SMILES string of the molecule is O=C(OCc1cccc([N+](=O)[O-])c1)C(F)(F)Cl. The summed E-state index contributed by atoms with van der Waals surface area (Å²) in [6.45, 7) is -0.511. The molecule has 0 amide bonds. The first-order valence-electron chi connectivity index (χ1n) is 4.28. The smallest absolute Gasteiger partial charge is 0.417 e. The highest BCUT2D eigenvalue weighted by Gasteiger charge is 2.37. The lowest BCUT2D eigenvalue weighted by Gasteiger charge is -2.07. The molecule has 1 aromatic rings. The van der Waals surface area contributed by atoms with E-state index in [0.717, 1.165) is 6.07 Å². The third-order valence-electron chi connectivity index (χ3n) is 1.72. The van der Waals surface area contributed by atoms with Crippen molar-refractivity contribution in [1.29, 1.82) is 0 Å². The Bertz CT molecular complexity index is 447. The molecule has 0 radical (unpaired) electrons. The zero-order valence-electron chi connectivity index (χ0n) is 8.23. The second kappa shape index (κ2) is 5.05. The Labute approximate surface area is 99.1 Å². The van der Waals surface area contributed by atoms with E-state index in [0.29, 0.717) is 0 Å². The summed E-state index contributed by atoms with van der Waals surface area (Å²) in [5.41, 5.74) is -0.00958. The van der Waals surface area contributed by atoms with Gasteiger partial charge in [-0.05, 0) is 17.2 Å². The van der Waals surface area contributed by atoms with E-state index in [9.17, 15) is 23.7 Å². The van der Waals surface area contributed by atoms with Crippen molar-refractivity contribution in [1.82, 2.24) is 0 Å². The molecule has 0 saturated heterocycles. The first-order chi connectivity index (χ1) is 7.80. The van der Waals surface area contributed by atoms with E-state index in [1.807, 2.05) is 0 Å². The van der Waals surface area contributed by atoms with Crippen LogP contribution in [0.3, 0.4) is 0 Å². The van der Waals surface area contributed by atoms with Gasteiger partial charge >= 0.3 is 11.4 Å². The van der Waals surface area contributed by atoms with Crippen molar-refractivity contribution >= 4 is 23.3 Å². The fourth-order valence-electron chi connectivity index (χ4n) is 0.991. The molecule has 17 heavy (non-hydrogen) atoms. The van der Waals surface area contributed by atoms with Crippen LogP contribution in [0.15, 0.2) is 24.3 Å². The molecule has 0 fully saturated rings. The van der Waals surface area contributed by atoms with Gasteiger partial charge in [0.05, 0.1) is 4.92 Å². The number of alkyl halides is 3. The van der Waals surface area contributed by atoms with E-state index in [1.54, 1.807) is 0 Å². The highest BCUT2D eigenvalue weighted by molar-refractivity contribution is 6.31. The number of benzene rings is 1. The van der Waals surface area contributed by atoms with Crippen LogP contribution in [0.2, 0.25) is 0 Å². The van der Waals surface area contributed by atoms with Gasteiger partial charge in [-0.2, -0.15) is 8.78 Å². The maximum absolute atomic E-state index is 12.2. The summed E-state index contributed by atoms with van der Waals surface area (Å²) in [4.78, 5) is 20.4. The molecule has 8 heteroatoms. The van der Waals surface area contributed by atoms with Crippen molar-refractivity contribution < 1.29 is 23.2 Å². The number of hydrogen-bond donors (Lipinski definition) is 0. The number of non-ortho nitro benzene ring substituents is 1. The lowest BCUT2D eigenvalue weighted by Crippen LogP contribution is -2.23. The normalized spacial score (nSPS) is 11.0. The number of esters is 1. The molecule has 0 atom stereocenters. The van der Waals surface area contributed by atoms with Gasteiger partial charge in [-0.25, -0.2) is 4.79 Å². The van der Waals surface area contributed by atoms with Crippen LogP contribution < -0.4 is 0 Å². The molecule has 0 unspecified atom stereocenters. The van der Waals surface area contributed by atoms with Crippen molar-refractivity contribution in [2.45, 2.75) is 12.0 Å². The van der Waals surface area contributed by atoms with E-state index in [1.165, 1.54) is 18.2 Å². The lowest BCUT2D eigenvalue weighted by atomic mass is 10.2. The number of rotatable bonds is 4. The topological polar surface area (TPSA) is 69.4 Å². The minimum atomic E-state index is -4.10. The molecule has 0 N–H and O–H groups in total. The Morgan fingerprint density at radius 2 is 2.18 bits per heavy atom. The van der Waals surface area contributed by atoms with E-state index >= 15 is 0 Å². The molecular formula is C9H6ClF2NO4. The summed E-state index contributed by atoms with van der Waals surface area (Å²) >= 11 is 4.42. The van der Waals surface area contributed by atoms with Gasteiger partial charge in [-0.3, -0.25) is 10.1 Å². The minimum absolute atomic E-state index is 0.216. The van der Waals surface area contributed by atoms with Crippen molar-refractivity contribution in [3.05, 3.63) is 39.9 Å². The monoisotopic (exact) mass is 265 g/mol. The fraction of sp³-hybridized carbons (Fsp3) is 0.222. The molecular weight excluding hydrogens is 260 g/mol. The number of ether oxygens (including phenoxy) is 1. The van der Waals surface area contributed by atoms with Crippen LogP contribution >= 0.6 is 11.6 Å². The van der Waals surface area contributed by atoms with Gasteiger partial charge in [-0.1, -0.05) is 12.1 Å². The summed E-state index contributed by atoms with van der Waals surface area (Å²) in [7, 11) is 0. The molecule has 0 aliphatic rings. The van der Waals surface area contributed by atoms with Crippen molar-refractivity contribution in [3.8, 4) is 0 Å². The van der Waals surface area contributed by atoms with Crippen molar-refractivity contribution in [2.75, 3.05) is 0 Å². The van der Waals surface area contributed by atoms with Crippen molar-refractivity contribution in [2.24, 2.45) is 0 Å². The number of nitro benzene ring substituents is 1. The molecule has 1 aromatic carbocycles. The maximum atomic E-state index is 12.2. The number of nitrogens with zero attached hydrogens (tertiary/aromatic N) is 1. The van der Waals surface area contributed by atoms with E-state index in [4.69, 9.17) is 0 Å². The molecule has 0 saturated carbocycles. The van der Waals surface area contributed by atoms with Crippen molar-refractivity contribution in [3.63, 3.8) is 0 Å². The zero-order chi connectivity index (χ0) is 13.1. The molecule has 0 aromatic heterocycles. The van der Waals surface area contributed by atoms with Crippen LogP contribution in [0.25, 0.3) is 0 Å². The third-order valence-corrected chi connectivity index (χ3v) is 1.88. The average Bonchev–Trinajstić information content (AvgIpc) is 2.25. The summed E-state index contributed by atoms with van der Waals surface area (Å²) < 4.78 is 28.6. The van der Waals surface area contributed by atoms with Crippen LogP contribution in [0, 0.1) is 10.1 Å². The Morgan fingerprint density at radius 3 is 2.71 bits per heavy atom. The predicted octanol–water partition coefficient (Wildman–Crippen LogP) is 2.47. The van der Waals surface area contributed by atoms with Crippen LogP contribution in [-0.2, 0) is 16.1 Å². The van der Waals surface area contributed by atoms with Gasteiger partial charge in [0.1, 0.15) is 6.61 Å². The Balaban J connectivity index is 2.67. The van der Waals surface area contributed by atoms with Gasteiger partial charge in [0.15, 0.2) is 0 Å². The summed E-state index contributed by atoms with van der Waals surface area (Å²) in [5, 5.41) is 6.31. The minimum Gasteiger partial charge on any atom is -0.455 e. The Morgan fingerprint density at radius 1 is 1.53 bits per heavy atom. The lowest BCUT2D eigenvalue weighted by molar-refractivity contribution is -0.384. The Hall–Kier alpha value is -1.76.